The Morgan fingerprint density at radius 2 is 1.47 bits per heavy atom. The Labute approximate surface area is 309 Å². The SMILES string of the molecule is CC1C(CN2CCN(c3ccc([N+](=O)[O-])cc3)CC2)OC(c2ccc(-c3ccccc3CNC(=O)c3ccccc3)cc2)OC1c1ccc(CO)cc1. The van der Waals surface area contributed by atoms with Crippen LogP contribution in [0, 0.1) is 16.0 Å². The number of hydrogen-bond acceptors (Lipinski definition) is 8. The number of benzene rings is 5. The monoisotopic (exact) mass is 712 g/mol. The third kappa shape index (κ3) is 8.48. The van der Waals surface area contributed by atoms with E-state index < -0.39 is 6.29 Å². The number of ether oxygens (including phenoxy) is 2. The van der Waals surface area contributed by atoms with Crippen LogP contribution in [-0.2, 0) is 22.6 Å². The average Bonchev–Trinajstić information content (AvgIpc) is 3.21. The lowest BCUT2D eigenvalue weighted by atomic mass is 9.89. The smallest absolute Gasteiger partial charge is 0.269 e. The molecule has 2 fully saturated rings. The first-order valence-electron chi connectivity index (χ1n) is 18.1. The van der Waals surface area contributed by atoms with Crippen molar-refractivity contribution in [1.29, 1.82) is 0 Å². The second kappa shape index (κ2) is 16.5. The second-order valence-corrected chi connectivity index (χ2v) is 13.7. The summed E-state index contributed by atoms with van der Waals surface area (Å²) < 4.78 is 13.5. The summed E-state index contributed by atoms with van der Waals surface area (Å²) in [6.07, 6.45) is -0.924. The van der Waals surface area contributed by atoms with Crippen molar-refractivity contribution >= 4 is 17.3 Å². The fourth-order valence-corrected chi connectivity index (χ4v) is 7.20. The number of non-ortho nitro benzene ring substituents is 1. The molecular weight excluding hydrogens is 668 g/mol. The van der Waals surface area contributed by atoms with Crippen LogP contribution < -0.4 is 10.2 Å². The highest BCUT2D eigenvalue weighted by atomic mass is 16.7. The van der Waals surface area contributed by atoms with Crippen molar-refractivity contribution in [2.75, 3.05) is 37.6 Å². The van der Waals surface area contributed by atoms with E-state index in [1.807, 2.05) is 72.8 Å². The molecule has 2 N–H and O–H groups in total. The van der Waals surface area contributed by atoms with Crippen molar-refractivity contribution in [3.05, 3.63) is 165 Å². The van der Waals surface area contributed by atoms with E-state index >= 15 is 0 Å². The Kier molecular flexibility index (Phi) is 11.2. The lowest BCUT2D eigenvalue weighted by Gasteiger charge is -2.44. The number of aliphatic hydroxyl groups excluding tert-OH is 1. The van der Waals surface area contributed by atoms with Gasteiger partial charge < -0.3 is 24.8 Å². The molecule has 2 aliphatic heterocycles. The molecule has 2 aliphatic rings. The number of hydrogen-bond donors (Lipinski definition) is 2. The summed E-state index contributed by atoms with van der Waals surface area (Å²) in [5.74, 6) is -0.0609. The van der Waals surface area contributed by atoms with E-state index in [9.17, 15) is 20.0 Å². The summed E-state index contributed by atoms with van der Waals surface area (Å²) in [5, 5.41) is 23.8. The maximum atomic E-state index is 12.8. The van der Waals surface area contributed by atoms with Crippen LogP contribution in [0.5, 0.6) is 0 Å². The minimum atomic E-state index is -0.588. The molecule has 2 heterocycles. The Hall–Kier alpha value is -5.39. The van der Waals surface area contributed by atoms with E-state index in [2.05, 4.69) is 52.4 Å². The number of nitro groups is 1. The topological polar surface area (TPSA) is 117 Å². The quantitative estimate of drug-likeness (QED) is 0.108. The van der Waals surface area contributed by atoms with Gasteiger partial charge >= 0.3 is 0 Å². The van der Waals surface area contributed by atoms with Gasteiger partial charge in [0.25, 0.3) is 11.6 Å². The molecule has 4 unspecified atom stereocenters. The average molecular weight is 713 g/mol. The number of nitrogens with one attached hydrogen (secondary N) is 1. The summed E-state index contributed by atoms with van der Waals surface area (Å²) in [6.45, 7) is 6.59. The molecule has 0 bridgehead atoms. The summed E-state index contributed by atoms with van der Waals surface area (Å²) in [5.41, 5.74) is 7.60. The molecule has 0 aliphatic carbocycles. The first-order valence-corrected chi connectivity index (χ1v) is 18.1. The van der Waals surface area contributed by atoms with Crippen molar-refractivity contribution in [2.45, 2.75) is 38.6 Å². The number of nitrogens with zero attached hydrogens (tertiary/aromatic N) is 3. The molecule has 272 valence electrons. The van der Waals surface area contributed by atoms with Gasteiger partial charge in [0.05, 0.1) is 23.7 Å². The molecule has 7 rings (SSSR count). The standard InChI is InChI=1S/C43H44N4O6/c1-30-40(28-45-23-25-46(26-24-45)37-19-21-38(22-20-37)47(50)51)52-43(53-41(30)33-13-11-31(29-48)12-14-33)35-17-15-32(16-18-35)39-10-6-5-9-36(39)27-44-42(49)34-7-3-2-4-8-34/h2-22,30,40-41,43,48H,23-29H2,1H3,(H,44,49). The fraction of sp³-hybridized carbons (Fsp3) is 0.279. The number of aliphatic hydroxyl groups is 1. The molecule has 53 heavy (non-hydrogen) atoms. The van der Waals surface area contributed by atoms with E-state index in [0.717, 1.165) is 71.8 Å². The summed E-state index contributed by atoms with van der Waals surface area (Å²) >= 11 is 0. The summed E-state index contributed by atoms with van der Waals surface area (Å²) in [4.78, 5) is 28.2. The predicted molar refractivity (Wildman–Crippen MR) is 204 cm³/mol. The highest BCUT2D eigenvalue weighted by Gasteiger charge is 2.39. The van der Waals surface area contributed by atoms with Crippen LogP contribution in [0.15, 0.2) is 127 Å². The van der Waals surface area contributed by atoms with Crippen molar-refractivity contribution < 1.29 is 24.3 Å². The molecule has 0 aromatic heterocycles. The number of nitro benzene ring substituents is 1. The van der Waals surface area contributed by atoms with Crippen molar-refractivity contribution in [3.8, 4) is 11.1 Å². The number of amides is 1. The summed E-state index contributed by atoms with van der Waals surface area (Å²) in [6, 6.07) is 40.3. The number of carbonyl (C=O) groups is 1. The minimum absolute atomic E-state index is 0.0174. The van der Waals surface area contributed by atoms with Crippen molar-refractivity contribution in [1.82, 2.24) is 10.2 Å². The molecule has 5 aromatic carbocycles. The first-order chi connectivity index (χ1) is 25.9. The zero-order valence-electron chi connectivity index (χ0n) is 29.7. The van der Waals surface area contributed by atoms with E-state index in [0.29, 0.717) is 12.1 Å². The Bertz CT molecular complexity index is 1980. The van der Waals surface area contributed by atoms with Gasteiger partial charge in [-0.2, -0.15) is 0 Å². The maximum Gasteiger partial charge on any atom is 0.269 e. The number of rotatable bonds is 11. The summed E-state index contributed by atoms with van der Waals surface area (Å²) in [7, 11) is 0. The van der Waals surface area contributed by atoms with Crippen LogP contribution in [0.2, 0.25) is 0 Å². The predicted octanol–water partition coefficient (Wildman–Crippen LogP) is 7.30. The lowest BCUT2D eigenvalue weighted by molar-refractivity contribution is -0.384. The molecule has 5 aromatic rings. The van der Waals surface area contributed by atoms with Crippen LogP contribution in [0.3, 0.4) is 0 Å². The second-order valence-electron chi connectivity index (χ2n) is 13.7. The Balaban J connectivity index is 1.06. The normalized spacial score (nSPS) is 20.5. The zero-order valence-corrected chi connectivity index (χ0v) is 29.7. The molecule has 1 amide bonds. The number of anilines is 1. The lowest BCUT2D eigenvalue weighted by Crippen LogP contribution is -2.51. The Morgan fingerprint density at radius 3 is 2.15 bits per heavy atom. The van der Waals surface area contributed by atoms with E-state index in [4.69, 9.17) is 9.47 Å². The fourth-order valence-electron chi connectivity index (χ4n) is 7.20. The molecule has 4 atom stereocenters. The third-order valence-corrected chi connectivity index (χ3v) is 10.3. The van der Waals surface area contributed by atoms with Gasteiger partial charge in [-0.15, -0.1) is 0 Å². The molecule has 0 saturated carbocycles. The largest absolute Gasteiger partial charge is 0.392 e. The van der Waals surface area contributed by atoms with Crippen molar-refractivity contribution in [3.63, 3.8) is 0 Å². The molecule has 10 heteroatoms. The Morgan fingerprint density at radius 1 is 0.811 bits per heavy atom. The molecule has 2 saturated heterocycles. The molecular formula is C43H44N4O6. The molecule has 0 radical (unpaired) electrons. The first kappa shape index (κ1) is 36.0. The van der Waals surface area contributed by atoms with E-state index in [-0.39, 0.29) is 41.3 Å². The van der Waals surface area contributed by atoms with Crippen LogP contribution in [-0.4, -0.2) is 59.7 Å². The van der Waals surface area contributed by atoms with Crippen molar-refractivity contribution in [2.24, 2.45) is 5.92 Å². The van der Waals surface area contributed by atoms with Gasteiger partial charge in [-0.3, -0.25) is 19.8 Å². The number of carbonyl (C=O) groups excluding carboxylic acids is 1. The van der Waals surface area contributed by atoms with E-state index in [1.54, 1.807) is 24.3 Å². The van der Waals surface area contributed by atoms with Crippen LogP contribution in [0.1, 0.15) is 51.9 Å². The minimum Gasteiger partial charge on any atom is -0.392 e. The highest BCUT2D eigenvalue weighted by Crippen LogP contribution is 2.42. The van der Waals surface area contributed by atoms with Gasteiger partial charge in [0.2, 0.25) is 0 Å². The van der Waals surface area contributed by atoms with Gasteiger partial charge in [-0.25, -0.2) is 0 Å². The molecule has 10 nitrogen and oxygen atoms in total. The van der Waals surface area contributed by atoms with Gasteiger partial charge in [0, 0.05) is 74.1 Å². The van der Waals surface area contributed by atoms with Crippen LogP contribution in [0.4, 0.5) is 11.4 Å². The third-order valence-electron chi connectivity index (χ3n) is 10.3. The van der Waals surface area contributed by atoms with Gasteiger partial charge in [-0.05, 0) is 52.1 Å². The molecule has 0 spiro atoms. The zero-order chi connectivity index (χ0) is 36.7. The van der Waals surface area contributed by atoms with Gasteiger partial charge in [0.1, 0.15) is 0 Å². The van der Waals surface area contributed by atoms with Gasteiger partial charge in [-0.1, -0.05) is 97.9 Å². The van der Waals surface area contributed by atoms with E-state index in [1.165, 1.54) is 0 Å². The maximum absolute atomic E-state index is 12.8. The van der Waals surface area contributed by atoms with Crippen LogP contribution in [0.25, 0.3) is 11.1 Å². The highest BCUT2D eigenvalue weighted by molar-refractivity contribution is 5.94. The number of piperazine rings is 1. The van der Waals surface area contributed by atoms with Crippen LogP contribution >= 0.6 is 0 Å². The van der Waals surface area contributed by atoms with Gasteiger partial charge in [0.15, 0.2) is 6.29 Å².